The first-order chi connectivity index (χ1) is 7.59. The van der Waals surface area contributed by atoms with E-state index < -0.39 is 0 Å². The highest BCUT2D eigenvalue weighted by molar-refractivity contribution is 6.07. The number of allylic oxidation sites excluding steroid dienone is 2. The van der Waals surface area contributed by atoms with E-state index in [9.17, 15) is 14.4 Å². The first kappa shape index (κ1) is 9.57. The van der Waals surface area contributed by atoms with Crippen molar-refractivity contribution in [1.82, 2.24) is 10.4 Å². The van der Waals surface area contributed by atoms with Crippen LogP contribution in [0.3, 0.4) is 0 Å². The summed E-state index contributed by atoms with van der Waals surface area (Å²) in [5.74, 6) is -0.995. The van der Waals surface area contributed by atoms with Crippen LogP contribution in [0, 0.1) is 23.7 Å². The molecule has 0 spiro atoms. The Bertz CT molecular complexity index is 399. The number of hydrogen-bond donors (Lipinski definition) is 1. The van der Waals surface area contributed by atoms with Gasteiger partial charge in [-0.15, -0.1) is 0 Å². The summed E-state index contributed by atoms with van der Waals surface area (Å²) in [6.45, 7) is 1.29. The van der Waals surface area contributed by atoms with E-state index in [0.717, 1.165) is 11.4 Å². The van der Waals surface area contributed by atoms with Gasteiger partial charge in [-0.1, -0.05) is 12.2 Å². The third-order valence-corrected chi connectivity index (χ3v) is 3.74. The summed E-state index contributed by atoms with van der Waals surface area (Å²) >= 11 is 0. The smallest absolute Gasteiger partial charge is 0.252 e. The van der Waals surface area contributed by atoms with Crippen LogP contribution >= 0.6 is 0 Å². The van der Waals surface area contributed by atoms with Gasteiger partial charge >= 0.3 is 0 Å². The van der Waals surface area contributed by atoms with Crippen molar-refractivity contribution in [3.8, 4) is 0 Å². The standard InChI is InChI=1S/C11H12N2O3/c1-5(14)12-13-10(15)8-6-2-3-7(4-6)9(8)11(13)16/h2-3,6-9H,4H2,1H3,(H,12,14). The van der Waals surface area contributed by atoms with E-state index >= 15 is 0 Å². The minimum Gasteiger partial charge on any atom is -0.274 e. The van der Waals surface area contributed by atoms with Crippen molar-refractivity contribution in [2.75, 3.05) is 0 Å². The topological polar surface area (TPSA) is 66.5 Å². The van der Waals surface area contributed by atoms with Gasteiger partial charge in [-0.05, 0) is 18.3 Å². The zero-order chi connectivity index (χ0) is 11.4. The number of carbonyl (C=O) groups is 3. The molecule has 2 bridgehead atoms. The van der Waals surface area contributed by atoms with Gasteiger partial charge < -0.3 is 0 Å². The fraction of sp³-hybridized carbons (Fsp3) is 0.545. The van der Waals surface area contributed by atoms with Crippen molar-refractivity contribution < 1.29 is 14.4 Å². The van der Waals surface area contributed by atoms with Crippen LogP contribution in [0.2, 0.25) is 0 Å². The van der Waals surface area contributed by atoms with Crippen molar-refractivity contribution in [2.45, 2.75) is 13.3 Å². The lowest BCUT2D eigenvalue weighted by Crippen LogP contribution is -2.46. The van der Waals surface area contributed by atoms with Gasteiger partial charge in [0, 0.05) is 6.92 Å². The average Bonchev–Trinajstić information content (AvgIpc) is 2.87. The molecule has 84 valence electrons. The van der Waals surface area contributed by atoms with Crippen molar-refractivity contribution in [3.05, 3.63) is 12.2 Å². The van der Waals surface area contributed by atoms with Crippen molar-refractivity contribution in [3.63, 3.8) is 0 Å². The number of amides is 3. The maximum absolute atomic E-state index is 12.0. The lowest BCUT2D eigenvalue weighted by Gasteiger charge is -2.16. The fourth-order valence-corrected chi connectivity index (χ4v) is 3.17. The zero-order valence-corrected chi connectivity index (χ0v) is 8.84. The van der Waals surface area contributed by atoms with E-state index in [1.54, 1.807) is 0 Å². The van der Waals surface area contributed by atoms with Crippen LogP contribution in [-0.4, -0.2) is 22.7 Å². The van der Waals surface area contributed by atoms with E-state index in [2.05, 4.69) is 5.43 Å². The number of imide groups is 1. The maximum atomic E-state index is 12.0. The van der Waals surface area contributed by atoms with Gasteiger partial charge in [0.25, 0.3) is 11.8 Å². The molecule has 1 saturated carbocycles. The molecule has 2 aliphatic carbocycles. The molecule has 1 N–H and O–H groups in total. The Morgan fingerprint density at radius 3 is 2.19 bits per heavy atom. The van der Waals surface area contributed by atoms with Gasteiger partial charge in [-0.2, -0.15) is 5.01 Å². The molecule has 16 heavy (non-hydrogen) atoms. The highest BCUT2D eigenvalue weighted by atomic mass is 16.2. The summed E-state index contributed by atoms with van der Waals surface area (Å²) in [6.07, 6.45) is 4.95. The Balaban J connectivity index is 1.91. The molecule has 1 aliphatic heterocycles. The van der Waals surface area contributed by atoms with Crippen LogP contribution in [0.15, 0.2) is 12.2 Å². The van der Waals surface area contributed by atoms with Crippen LogP contribution in [0.25, 0.3) is 0 Å². The normalized spacial score (nSPS) is 39.4. The van der Waals surface area contributed by atoms with Crippen LogP contribution in [0.1, 0.15) is 13.3 Å². The monoisotopic (exact) mass is 220 g/mol. The molecular formula is C11H12N2O3. The largest absolute Gasteiger partial charge is 0.274 e. The third kappa shape index (κ3) is 1.03. The molecule has 1 heterocycles. The number of rotatable bonds is 1. The second-order valence-electron chi connectivity index (χ2n) is 4.68. The Labute approximate surface area is 92.4 Å². The summed E-state index contributed by atoms with van der Waals surface area (Å²) < 4.78 is 0. The van der Waals surface area contributed by atoms with E-state index in [-0.39, 0.29) is 41.4 Å². The van der Waals surface area contributed by atoms with E-state index in [0.29, 0.717) is 0 Å². The summed E-state index contributed by atoms with van der Waals surface area (Å²) in [4.78, 5) is 34.9. The van der Waals surface area contributed by atoms with E-state index in [1.807, 2.05) is 12.2 Å². The van der Waals surface area contributed by atoms with Crippen molar-refractivity contribution >= 4 is 17.7 Å². The van der Waals surface area contributed by atoms with E-state index in [4.69, 9.17) is 0 Å². The maximum Gasteiger partial charge on any atom is 0.252 e. The Hall–Kier alpha value is -1.65. The summed E-state index contributed by atoms with van der Waals surface area (Å²) in [5.41, 5.74) is 2.31. The molecule has 3 amide bonds. The number of carbonyl (C=O) groups excluding carboxylic acids is 3. The minimum atomic E-state index is -0.387. The van der Waals surface area contributed by atoms with E-state index in [1.165, 1.54) is 6.92 Å². The van der Waals surface area contributed by atoms with Crippen LogP contribution in [-0.2, 0) is 14.4 Å². The molecule has 4 unspecified atom stereocenters. The molecule has 2 fully saturated rings. The van der Waals surface area contributed by atoms with Gasteiger partial charge in [0.05, 0.1) is 11.8 Å². The lowest BCUT2D eigenvalue weighted by molar-refractivity contribution is -0.149. The van der Waals surface area contributed by atoms with Gasteiger partial charge in [-0.25, -0.2) is 0 Å². The number of fused-ring (bicyclic) bond motifs is 5. The molecule has 3 aliphatic rings. The lowest BCUT2D eigenvalue weighted by atomic mass is 9.85. The Morgan fingerprint density at radius 1 is 1.25 bits per heavy atom. The van der Waals surface area contributed by atoms with Crippen LogP contribution in [0.5, 0.6) is 0 Å². The Morgan fingerprint density at radius 2 is 1.75 bits per heavy atom. The second-order valence-corrected chi connectivity index (χ2v) is 4.68. The third-order valence-electron chi connectivity index (χ3n) is 3.74. The molecule has 1 saturated heterocycles. The Kier molecular flexibility index (Phi) is 1.75. The zero-order valence-electron chi connectivity index (χ0n) is 8.84. The molecule has 3 rings (SSSR count). The van der Waals surface area contributed by atoms with Gasteiger partial charge in [0.1, 0.15) is 0 Å². The molecular weight excluding hydrogens is 208 g/mol. The van der Waals surface area contributed by atoms with Crippen molar-refractivity contribution in [1.29, 1.82) is 0 Å². The van der Waals surface area contributed by atoms with Gasteiger partial charge in [0.15, 0.2) is 0 Å². The molecule has 5 heteroatoms. The van der Waals surface area contributed by atoms with Crippen LogP contribution < -0.4 is 5.43 Å². The highest BCUT2D eigenvalue weighted by Gasteiger charge is 2.59. The van der Waals surface area contributed by atoms with Crippen LogP contribution in [0.4, 0.5) is 0 Å². The predicted molar refractivity (Wildman–Crippen MR) is 53.4 cm³/mol. The molecule has 0 aromatic carbocycles. The summed E-state index contributed by atoms with van der Waals surface area (Å²) in [7, 11) is 0. The number of nitrogens with zero attached hydrogens (tertiary/aromatic N) is 1. The highest BCUT2D eigenvalue weighted by Crippen LogP contribution is 2.52. The molecule has 0 radical (unpaired) electrons. The summed E-state index contributed by atoms with van der Waals surface area (Å²) in [5, 5.41) is 0.907. The van der Waals surface area contributed by atoms with Gasteiger partial charge in [-0.3, -0.25) is 19.8 Å². The first-order valence-electron chi connectivity index (χ1n) is 5.43. The molecule has 0 aromatic rings. The molecule has 4 atom stereocenters. The molecule has 0 aromatic heterocycles. The molecule has 5 nitrogen and oxygen atoms in total. The average molecular weight is 220 g/mol. The predicted octanol–water partition coefficient (Wildman–Crippen LogP) is -0.155. The number of hydrazine groups is 1. The fourth-order valence-electron chi connectivity index (χ4n) is 3.17. The number of nitrogens with one attached hydrogen (secondary N) is 1. The SMILES string of the molecule is CC(=O)NN1C(=O)C2C3C=CC(C3)C2C1=O. The number of hydrogen-bond acceptors (Lipinski definition) is 3. The quantitative estimate of drug-likeness (QED) is 0.493. The second kappa shape index (κ2) is 2.93. The van der Waals surface area contributed by atoms with Crippen molar-refractivity contribution in [2.24, 2.45) is 23.7 Å². The minimum absolute atomic E-state index is 0.185. The summed E-state index contributed by atoms with van der Waals surface area (Å²) in [6, 6.07) is 0. The van der Waals surface area contributed by atoms with Gasteiger partial charge in [0.2, 0.25) is 5.91 Å². The first-order valence-corrected chi connectivity index (χ1v) is 5.43.